The topological polar surface area (TPSA) is 58.5 Å². The molecule has 6 heteroatoms. The first-order valence-corrected chi connectivity index (χ1v) is 9.37. The molecule has 2 rings (SSSR count). The average Bonchev–Trinajstić information content (AvgIpc) is 2.47. The maximum absolute atomic E-state index is 12.1. The van der Waals surface area contributed by atoms with Gasteiger partial charge in [-0.1, -0.05) is 61.0 Å². The van der Waals surface area contributed by atoms with E-state index in [9.17, 15) is 8.42 Å². The molecule has 0 aromatic heterocycles. The maximum atomic E-state index is 12.1. The van der Waals surface area contributed by atoms with Gasteiger partial charge in [-0.05, 0) is 40.8 Å². The zero-order chi connectivity index (χ0) is 17.1. The molecule has 0 aliphatic carbocycles. The Hall–Kier alpha value is -1.66. The summed E-state index contributed by atoms with van der Waals surface area (Å²) in [5.74, 6) is 0. The quantitative estimate of drug-likeness (QED) is 0.627. The molecule has 0 bridgehead atoms. The Morgan fingerprint density at radius 3 is 2.09 bits per heavy atom. The molecule has 0 aliphatic rings. The van der Waals surface area contributed by atoms with E-state index in [0.717, 1.165) is 10.0 Å². The fourth-order valence-corrected chi connectivity index (χ4v) is 2.96. The van der Waals surface area contributed by atoms with E-state index in [2.05, 4.69) is 46.6 Å². The van der Waals surface area contributed by atoms with Crippen molar-refractivity contribution in [2.75, 3.05) is 0 Å². The average molecular weight is 395 g/mol. The lowest BCUT2D eigenvalue weighted by Gasteiger charge is -2.18. The van der Waals surface area contributed by atoms with Crippen molar-refractivity contribution in [3.8, 4) is 0 Å². The highest BCUT2D eigenvalue weighted by Crippen LogP contribution is 2.21. The van der Waals surface area contributed by atoms with Crippen LogP contribution in [0.4, 0.5) is 0 Å². The summed E-state index contributed by atoms with van der Waals surface area (Å²) >= 11 is 3.27. The number of rotatable bonds is 4. The van der Waals surface area contributed by atoms with Gasteiger partial charge >= 0.3 is 0 Å². The van der Waals surface area contributed by atoms with Gasteiger partial charge in [-0.3, -0.25) is 0 Å². The van der Waals surface area contributed by atoms with Crippen LogP contribution in [0.5, 0.6) is 0 Å². The molecule has 23 heavy (non-hydrogen) atoms. The number of hydrogen-bond acceptors (Lipinski definition) is 3. The maximum Gasteiger partial charge on any atom is 0.276 e. The Bertz CT molecular complexity index is 790. The van der Waals surface area contributed by atoms with E-state index >= 15 is 0 Å². The standard InChI is InChI=1S/C17H19BrN2O2S/c1-17(2,3)14-6-4-13(5-7-14)12-19-20-23(21,22)16-10-8-15(18)9-11-16/h4-12,20H,1-3H3. The first kappa shape index (κ1) is 17.7. The summed E-state index contributed by atoms with van der Waals surface area (Å²) in [5.41, 5.74) is 2.13. The molecule has 0 fully saturated rings. The second kappa shape index (κ2) is 6.84. The van der Waals surface area contributed by atoms with Crippen molar-refractivity contribution < 1.29 is 8.42 Å². The molecule has 0 aliphatic heterocycles. The largest absolute Gasteiger partial charge is 0.276 e. The predicted octanol–water partition coefficient (Wildman–Crippen LogP) is 4.06. The zero-order valence-corrected chi connectivity index (χ0v) is 15.6. The van der Waals surface area contributed by atoms with Gasteiger partial charge < -0.3 is 0 Å². The van der Waals surface area contributed by atoms with Crippen molar-refractivity contribution in [2.45, 2.75) is 31.1 Å². The van der Waals surface area contributed by atoms with E-state index in [4.69, 9.17) is 0 Å². The van der Waals surface area contributed by atoms with Crippen molar-refractivity contribution in [3.05, 3.63) is 64.1 Å². The first-order chi connectivity index (χ1) is 10.7. The van der Waals surface area contributed by atoms with Crippen LogP contribution in [0.1, 0.15) is 31.9 Å². The van der Waals surface area contributed by atoms with Crippen molar-refractivity contribution >= 4 is 32.2 Å². The van der Waals surface area contributed by atoms with Crippen LogP contribution in [0.3, 0.4) is 0 Å². The van der Waals surface area contributed by atoms with E-state index in [1.165, 1.54) is 23.9 Å². The van der Waals surface area contributed by atoms with E-state index in [1.54, 1.807) is 12.1 Å². The number of sulfonamides is 1. The van der Waals surface area contributed by atoms with Crippen LogP contribution in [0.15, 0.2) is 63.0 Å². The molecule has 4 nitrogen and oxygen atoms in total. The molecule has 0 spiro atoms. The third kappa shape index (κ3) is 4.91. The minimum absolute atomic E-state index is 0.0822. The van der Waals surface area contributed by atoms with Gasteiger partial charge in [0.2, 0.25) is 0 Å². The Balaban J connectivity index is 2.07. The van der Waals surface area contributed by atoms with Gasteiger partial charge in [-0.15, -0.1) is 0 Å². The number of nitrogens with zero attached hydrogens (tertiary/aromatic N) is 1. The lowest BCUT2D eigenvalue weighted by molar-refractivity contribution is 0.584. The van der Waals surface area contributed by atoms with Gasteiger partial charge in [0, 0.05) is 4.47 Å². The minimum Gasteiger partial charge on any atom is -0.200 e. The van der Waals surface area contributed by atoms with Crippen LogP contribution in [0.25, 0.3) is 0 Å². The number of hydrazone groups is 1. The summed E-state index contributed by atoms with van der Waals surface area (Å²) in [6.07, 6.45) is 1.49. The second-order valence-corrected chi connectivity index (χ2v) is 8.76. The minimum atomic E-state index is -3.65. The number of halogens is 1. The fourth-order valence-electron chi connectivity index (χ4n) is 1.91. The summed E-state index contributed by atoms with van der Waals surface area (Å²) in [6, 6.07) is 14.2. The first-order valence-electron chi connectivity index (χ1n) is 7.09. The molecule has 0 saturated heterocycles. The highest BCUT2D eigenvalue weighted by Gasteiger charge is 2.13. The van der Waals surface area contributed by atoms with Gasteiger partial charge in [0.1, 0.15) is 0 Å². The number of nitrogens with one attached hydrogen (secondary N) is 1. The molecule has 0 atom stereocenters. The van der Waals surface area contributed by atoms with E-state index < -0.39 is 10.0 Å². The van der Waals surface area contributed by atoms with Gasteiger partial charge in [0.05, 0.1) is 11.1 Å². The lowest BCUT2D eigenvalue weighted by atomic mass is 9.87. The Morgan fingerprint density at radius 2 is 1.57 bits per heavy atom. The van der Waals surface area contributed by atoms with Crippen molar-refractivity contribution in [2.24, 2.45) is 5.10 Å². The van der Waals surface area contributed by atoms with Gasteiger partial charge in [0.15, 0.2) is 0 Å². The van der Waals surface area contributed by atoms with Crippen molar-refractivity contribution in [1.29, 1.82) is 0 Å². The van der Waals surface area contributed by atoms with E-state index in [1.807, 2.05) is 24.3 Å². The Kier molecular flexibility index (Phi) is 5.26. The smallest absolute Gasteiger partial charge is 0.200 e. The molecular formula is C17H19BrN2O2S. The number of benzene rings is 2. The van der Waals surface area contributed by atoms with E-state index in [0.29, 0.717) is 0 Å². The summed E-state index contributed by atoms with van der Waals surface area (Å²) < 4.78 is 25.0. The molecule has 0 saturated carbocycles. The van der Waals surface area contributed by atoms with Crippen LogP contribution in [0.2, 0.25) is 0 Å². The van der Waals surface area contributed by atoms with Gasteiger partial charge in [0.25, 0.3) is 10.0 Å². The highest BCUT2D eigenvalue weighted by molar-refractivity contribution is 9.10. The summed E-state index contributed by atoms with van der Waals surface area (Å²) in [6.45, 7) is 6.42. The van der Waals surface area contributed by atoms with Crippen molar-refractivity contribution in [1.82, 2.24) is 4.83 Å². The molecule has 0 unspecified atom stereocenters. The van der Waals surface area contributed by atoms with Crippen LogP contribution in [-0.2, 0) is 15.4 Å². The lowest BCUT2D eigenvalue weighted by Crippen LogP contribution is -2.18. The second-order valence-electron chi connectivity index (χ2n) is 6.18. The van der Waals surface area contributed by atoms with E-state index in [-0.39, 0.29) is 10.3 Å². The molecule has 122 valence electrons. The zero-order valence-electron chi connectivity index (χ0n) is 13.2. The molecule has 0 amide bonds. The normalized spacial score (nSPS) is 12.5. The monoisotopic (exact) mass is 394 g/mol. The molecule has 2 aromatic carbocycles. The molecule has 0 heterocycles. The molecule has 1 N–H and O–H groups in total. The molecular weight excluding hydrogens is 376 g/mol. The van der Waals surface area contributed by atoms with Gasteiger partial charge in [-0.25, -0.2) is 4.83 Å². The SMILES string of the molecule is CC(C)(C)c1ccc(C=NNS(=O)(=O)c2ccc(Br)cc2)cc1. The third-order valence-electron chi connectivity index (χ3n) is 3.29. The van der Waals surface area contributed by atoms with Crippen LogP contribution in [-0.4, -0.2) is 14.6 Å². The summed E-state index contributed by atoms with van der Waals surface area (Å²) in [5, 5.41) is 3.83. The third-order valence-corrected chi connectivity index (χ3v) is 5.05. The van der Waals surface area contributed by atoms with Gasteiger partial charge in [-0.2, -0.15) is 13.5 Å². The van der Waals surface area contributed by atoms with Crippen LogP contribution in [0, 0.1) is 0 Å². The number of hydrogen-bond donors (Lipinski definition) is 1. The molecule has 2 aromatic rings. The van der Waals surface area contributed by atoms with Crippen molar-refractivity contribution in [3.63, 3.8) is 0 Å². The fraction of sp³-hybridized carbons (Fsp3) is 0.235. The summed E-state index contributed by atoms with van der Waals surface area (Å²) in [4.78, 5) is 2.38. The van der Waals surface area contributed by atoms with Crippen LogP contribution < -0.4 is 4.83 Å². The van der Waals surface area contributed by atoms with Crippen LogP contribution >= 0.6 is 15.9 Å². The molecule has 0 radical (unpaired) electrons. The predicted molar refractivity (Wildman–Crippen MR) is 97.2 cm³/mol. The summed E-state index contributed by atoms with van der Waals surface area (Å²) in [7, 11) is -3.65. The Labute approximate surface area is 145 Å². The Morgan fingerprint density at radius 1 is 1.00 bits per heavy atom. The highest BCUT2D eigenvalue weighted by atomic mass is 79.9.